The number of hydrogen-bond acceptors (Lipinski definition) is 6. The van der Waals surface area contributed by atoms with E-state index in [2.05, 4.69) is 15.9 Å². The van der Waals surface area contributed by atoms with Crippen LogP contribution in [0.25, 0.3) is 0 Å². The van der Waals surface area contributed by atoms with E-state index in [0.29, 0.717) is 4.47 Å². The van der Waals surface area contributed by atoms with Gasteiger partial charge in [0.25, 0.3) is 0 Å². The minimum Gasteiger partial charge on any atom is -0.454 e. The van der Waals surface area contributed by atoms with Gasteiger partial charge in [0.1, 0.15) is 5.76 Å². The molecule has 21 heavy (non-hydrogen) atoms. The van der Waals surface area contributed by atoms with Crippen LogP contribution in [0, 0.1) is 10.1 Å². The van der Waals surface area contributed by atoms with E-state index in [-0.39, 0.29) is 18.1 Å². The number of nitrogen functional groups attached to an aromatic ring is 1. The third kappa shape index (κ3) is 3.17. The number of nitro groups is 1. The van der Waals surface area contributed by atoms with Gasteiger partial charge in [-0.15, -0.1) is 0 Å². The summed E-state index contributed by atoms with van der Waals surface area (Å²) in [6.45, 7) is -0.0586. The number of aromatic nitrogens is 1. The highest BCUT2D eigenvalue weighted by atomic mass is 79.9. The van der Waals surface area contributed by atoms with E-state index in [0.717, 1.165) is 10.6 Å². The Labute approximate surface area is 125 Å². The van der Waals surface area contributed by atoms with Crippen LogP contribution in [0.15, 0.2) is 38.1 Å². The van der Waals surface area contributed by atoms with E-state index in [1.54, 1.807) is 0 Å². The molecule has 0 saturated carbocycles. The summed E-state index contributed by atoms with van der Waals surface area (Å²) in [5.41, 5.74) is 0.572. The van der Waals surface area contributed by atoms with Crippen molar-refractivity contribution in [2.45, 2.75) is 6.54 Å². The molecule has 0 aliphatic heterocycles. The average Bonchev–Trinajstić information content (AvgIpc) is 2.89. The third-order valence-electron chi connectivity index (χ3n) is 2.57. The summed E-state index contributed by atoms with van der Waals surface area (Å²) in [6, 6.07) is 3.98. The van der Waals surface area contributed by atoms with Gasteiger partial charge in [-0.1, -0.05) is 0 Å². The lowest BCUT2D eigenvalue weighted by molar-refractivity contribution is -0.386. The van der Waals surface area contributed by atoms with Gasteiger partial charge in [-0.25, -0.2) is 5.84 Å². The number of rotatable bonds is 4. The Morgan fingerprint density at radius 1 is 1.52 bits per heavy atom. The molecule has 1 amide bonds. The van der Waals surface area contributed by atoms with Crippen molar-refractivity contribution in [1.82, 2.24) is 9.99 Å². The van der Waals surface area contributed by atoms with Gasteiger partial charge in [-0.05, 0) is 28.1 Å². The highest BCUT2D eigenvalue weighted by Crippen LogP contribution is 2.15. The van der Waals surface area contributed by atoms with E-state index >= 15 is 0 Å². The molecule has 0 aromatic carbocycles. The number of carbonyl (C=O) groups is 1. The maximum absolute atomic E-state index is 11.9. The van der Waals surface area contributed by atoms with Crippen molar-refractivity contribution in [2.75, 3.05) is 0 Å². The molecule has 2 aromatic heterocycles. The number of hydrazine groups is 1. The van der Waals surface area contributed by atoms with Gasteiger partial charge in [0.05, 0.1) is 11.5 Å². The molecule has 0 spiro atoms. The lowest BCUT2D eigenvalue weighted by atomic mass is 10.3. The molecule has 0 fully saturated rings. The molecule has 10 heteroatoms. The van der Waals surface area contributed by atoms with Crippen molar-refractivity contribution in [3.63, 3.8) is 0 Å². The van der Waals surface area contributed by atoms with Crippen LogP contribution in [0.5, 0.6) is 0 Å². The van der Waals surface area contributed by atoms with Gasteiger partial charge in [0.2, 0.25) is 0 Å². The summed E-state index contributed by atoms with van der Waals surface area (Å²) < 4.78 is 6.68. The number of furan rings is 1. The molecule has 0 radical (unpaired) electrons. The number of amides is 1. The predicted molar refractivity (Wildman–Crippen MR) is 74.5 cm³/mol. The van der Waals surface area contributed by atoms with Gasteiger partial charge in [0.15, 0.2) is 5.76 Å². The molecule has 9 nitrogen and oxygen atoms in total. The van der Waals surface area contributed by atoms with E-state index < -0.39 is 22.1 Å². The number of hydrogen-bond donors (Lipinski definition) is 2. The first-order valence-corrected chi connectivity index (χ1v) is 6.35. The second-order valence-electron chi connectivity index (χ2n) is 3.97. The van der Waals surface area contributed by atoms with E-state index in [9.17, 15) is 19.7 Å². The summed E-state index contributed by atoms with van der Waals surface area (Å²) in [7, 11) is 0. The molecule has 0 atom stereocenters. The van der Waals surface area contributed by atoms with E-state index in [1.807, 2.05) is 5.43 Å². The second-order valence-corrected chi connectivity index (χ2v) is 4.89. The fraction of sp³-hybridized carbons (Fsp3) is 0.0909. The van der Waals surface area contributed by atoms with E-state index in [4.69, 9.17) is 10.3 Å². The highest BCUT2D eigenvalue weighted by molar-refractivity contribution is 9.10. The average molecular weight is 357 g/mol. The molecule has 2 rings (SSSR count). The minimum atomic E-state index is -0.774. The number of nitrogens with zero attached hydrogens (tertiary/aromatic N) is 2. The van der Waals surface area contributed by atoms with Gasteiger partial charge in [-0.3, -0.25) is 25.1 Å². The fourth-order valence-corrected chi connectivity index (χ4v) is 2.12. The Morgan fingerprint density at radius 3 is 2.86 bits per heavy atom. The van der Waals surface area contributed by atoms with Crippen molar-refractivity contribution in [3.8, 4) is 0 Å². The Bertz CT molecular complexity index is 766. The molecule has 0 unspecified atom stereocenters. The lowest BCUT2D eigenvalue weighted by Crippen LogP contribution is -2.29. The van der Waals surface area contributed by atoms with Crippen LogP contribution < -0.4 is 16.8 Å². The van der Waals surface area contributed by atoms with Crippen LogP contribution >= 0.6 is 15.9 Å². The summed E-state index contributed by atoms with van der Waals surface area (Å²) >= 11 is 3.09. The monoisotopic (exact) mass is 356 g/mol. The molecule has 3 N–H and O–H groups in total. The Hall–Kier alpha value is -2.46. The van der Waals surface area contributed by atoms with Crippen molar-refractivity contribution in [2.24, 2.45) is 5.84 Å². The zero-order valence-corrected chi connectivity index (χ0v) is 12.0. The summed E-state index contributed by atoms with van der Waals surface area (Å²) in [6.07, 6.45) is 1.39. The predicted octanol–water partition coefficient (Wildman–Crippen LogP) is 0.764. The van der Waals surface area contributed by atoms with Crippen LogP contribution in [0.3, 0.4) is 0 Å². The number of nitrogens with one attached hydrogen (secondary N) is 1. The normalized spacial score (nSPS) is 10.4. The van der Waals surface area contributed by atoms with Crippen LogP contribution in [0.1, 0.15) is 16.3 Å². The van der Waals surface area contributed by atoms with Crippen molar-refractivity contribution < 1.29 is 14.1 Å². The third-order valence-corrected chi connectivity index (χ3v) is 3.01. The number of carbonyl (C=O) groups excluding carboxylic acids is 1. The smallest absolute Gasteiger partial charge is 0.335 e. The Balaban J connectivity index is 2.36. The molecule has 0 aliphatic rings. The topological polar surface area (TPSA) is 133 Å². The van der Waals surface area contributed by atoms with Gasteiger partial charge >= 0.3 is 17.2 Å². The number of halogens is 1. The number of pyridine rings is 1. The maximum atomic E-state index is 11.9. The SMILES string of the molecule is NNC(=O)c1ccc(Cn2cc(Br)cc([N+](=O)[O-])c2=O)o1. The largest absolute Gasteiger partial charge is 0.454 e. The first-order valence-electron chi connectivity index (χ1n) is 5.56. The van der Waals surface area contributed by atoms with Gasteiger partial charge in [0, 0.05) is 16.7 Å². The molecular formula is C11H9BrN4O5. The highest BCUT2D eigenvalue weighted by Gasteiger charge is 2.17. The molecule has 2 heterocycles. The number of nitrogens with two attached hydrogens (primary N) is 1. The lowest BCUT2D eigenvalue weighted by Gasteiger charge is -2.04. The quantitative estimate of drug-likeness (QED) is 0.359. The van der Waals surface area contributed by atoms with E-state index in [1.165, 1.54) is 18.3 Å². The summed E-state index contributed by atoms with van der Waals surface area (Å²) in [5.74, 6) is 4.61. The Kier molecular flexibility index (Phi) is 4.19. The second kappa shape index (κ2) is 5.89. The maximum Gasteiger partial charge on any atom is 0.335 e. The molecule has 2 aromatic rings. The zero-order chi connectivity index (χ0) is 15.6. The Morgan fingerprint density at radius 2 is 2.24 bits per heavy atom. The fourth-order valence-electron chi connectivity index (χ4n) is 1.66. The van der Waals surface area contributed by atoms with Crippen LogP contribution in [-0.2, 0) is 6.54 Å². The van der Waals surface area contributed by atoms with Crippen molar-refractivity contribution in [3.05, 3.63) is 60.9 Å². The van der Waals surface area contributed by atoms with Crippen molar-refractivity contribution >= 4 is 27.5 Å². The minimum absolute atomic E-state index is 0.0231. The van der Waals surface area contributed by atoms with Gasteiger partial charge < -0.3 is 8.98 Å². The van der Waals surface area contributed by atoms with Crippen molar-refractivity contribution in [1.29, 1.82) is 0 Å². The molecule has 110 valence electrons. The van der Waals surface area contributed by atoms with Gasteiger partial charge in [-0.2, -0.15) is 0 Å². The van der Waals surface area contributed by atoms with Crippen LogP contribution in [0.2, 0.25) is 0 Å². The van der Waals surface area contributed by atoms with Crippen LogP contribution in [0.4, 0.5) is 5.69 Å². The zero-order valence-electron chi connectivity index (χ0n) is 10.4. The van der Waals surface area contributed by atoms with Crippen LogP contribution in [-0.4, -0.2) is 15.4 Å². The molecule has 0 aliphatic carbocycles. The molecular weight excluding hydrogens is 348 g/mol. The first-order chi connectivity index (χ1) is 9.92. The molecule has 0 bridgehead atoms. The molecule has 0 saturated heterocycles. The standard InChI is InChI=1S/C11H9BrN4O5/c12-6-3-8(16(19)20)11(18)15(4-6)5-7-1-2-9(21-7)10(17)14-13/h1-4H,5,13H2,(H,14,17). The summed E-state index contributed by atoms with van der Waals surface area (Å²) in [4.78, 5) is 33.2. The summed E-state index contributed by atoms with van der Waals surface area (Å²) in [5, 5.41) is 10.8. The first kappa shape index (κ1) is 14.9.